The normalized spacial score (nSPS) is 25.0. The van der Waals surface area contributed by atoms with Crippen molar-refractivity contribution in [2.24, 2.45) is 28.8 Å². The molecule has 0 aliphatic carbocycles. The molecule has 0 N–H and O–H groups in total. The van der Waals surface area contributed by atoms with Crippen LogP contribution in [0.4, 0.5) is 0 Å². The van der Waals surface area contributed by atoms with Crippen LogP contribution in [0.2, 0.25) is 0 Å². The van der Waals surface area contributed by atoms with E-state index in [0.717, 1.165) is 21.0 Å². The van der Waals surface area contributed by atoms with Gasteiger partial charge in [-0.05, 0) is 79.5 Å². The summed E-state index contributed by atoms with van der Waals surface area (Å²) in [7, 11) is 1.23. The summed E-state index contributed by atoms with van der Waals surface area (Å²) in [5, 5.41) is 3.90. The summed E-state index contributed by atoms with van der Waals surface area (Å²) in [6.45, 7) is 17.4. The lowest BCUT2D eigenvalue weighted by molar-refractivity contribution is -0.174. The van der Waals surface area contributed by atoms with Crippen molar-refractivity contribution in [2.45, 2.75) is 156 Å². The third kappa shape index (κ3) is 18.7. The number of esters is 4. The number of hydrogen-bond donors (Lipinski definition) is 0. The van der Waals surface area contributed by atoms with Crippen molar-refractivity contribution in [3.8, 4) is 0 Å². The maximum Gasteiger partial charge on any atom is 0.329 e. The molecule has 0 aromatic heterocycles. The highest BCUT2D eigenvalue weighted by Crippen LogP contribution is 2.24. The van der Waals surface area contributed by atoms with Gasteiger partial charge >= 0.3 is 34.0 Å². The molecule has 0 spiro atoms. The number of likely N-dealkylation sites (N-methyl/N-ethyl adjacent to an activating group) is 4. The molecule has 20 heteroatoms. The van der Waals surface area contributed by atoms with Gasteiger partial charge in [0.1, 0.15) is 24.2 Å². The summed E-state index contributed by atoms with van der Waals surface area (Å²) in [4.78, 5) is 107. The Labute approximate surface area is 432 Å². The van der Waals surface area contributed by atoms with Crippen LogP contribution in [-0.4, -0.2) is 158 Å². The summed E-state index contributed by atoms with van der Waals surface area (Å²) in [6, 6.07) is 12.3. The third-order valence-corrected chi connectivity index (χ3v) is 12.6. The Morgan fingerprint density at radius 2 is 0.781 bits per heavy atom. The highest BCUT2D eigenvalue weighted by Gasteiger charge is 2.43. The monoisotopic (exact) mass is 1040 g/mol. The zero-order valence-electron chi connectivity index (χ0n) is 45.3. The first-order valence-electron chi connectivity index (χ1n) is 24.9. The number of carbonyl (C=O) groups is 7. The topological polar surface area (TPSA) is 225 Å². The van der Waals surface area contributed by atoms with Crippen molar-refractivity contribution in [2.75, 3.05) is 34.4 Å². The highest BCUT2D eigenvalue weighted by molar-refractivity contribution is 7.85. The molecule has 1 saturated heterocycles. The third-order valence-electron chi connectivity index (χ3n) is 12.3. The number of benzene rings is 2. The number of nitrogens with zero attached hydrogens (tertiary/aromatic N) is 5. The second kappa shape index (κ2) is 27.8. The summed E-state index contributed by atoms with van der Waals surface area (Å²) < 4.78 is 53.9. The van der Waals surface area contributed by atoms with E-state index in [0.29, 0.717) is 11.1 Å². The van der Waals surface area contributed by atoms with E-state index in [1.165, 1.54) is 46.9 Å². The fourth-order valence-electron chi connectivity index (χ4n) is 8.39. The first-order chi connectivity index (χ1) is 34.0. The molecule has 2 aromatic carbocycles. The fraction of sp³-hybridized carbons (Fsp3) is 0.623. The fourth-order valence-corrected chi connectivity index (χ4v) is 8.60. The number of ether oxygens (including phenoxy) is 4. The van der Waals surface area contributed by atoms with E-state index in [1.54, 1.807) is 60.7 Å². The SMILES string of the molecule is CC(C)CC1C(=O)O[C@H](C)C(=O)N(C)[C@@H](CC(C)C)C(=O)O[C@H](Cc2ccccc2)C(=O)N(C)[C@@H](CC(C)C)C(=O)O[C@H](C)/C(=N\OS(C)(=O)=O)N(C)[C@@H](CC(C)C)C(=O)O[C@H](Cc2ccccc2)C(=O)N1C. The average molecular weight is 1040 g/mol. The van der Waals surface area contributed by atoms with Crippen LogP contribution in [0.25, 0.3) is 0 Å². The number of cyclic esters (lactones) is 4. The molecule has 1 aliphatic heterocycles. The first kappa shape index (κ1) is 61.3. The predicted octanol–water partition coefficient (Wildman–Crippen LogP) is 5.43. The van der Waals surface area contributed by atoms with E-state index in [1.807, 2.05) is 55.4 Å². The average Bonchev–Trinajstić information content (AvgIpc) is 3.31. The van der Waals surface area contributed by atoms with Gasteiger partial charge in [0.15, 0.2) is 30.3 Å². The molecule has 3 amide bonds. The predicted molar refractivity (Wildman–Crippen MR) is 274 cm³/mol. The van der Waals surface area contributed by atoms with Crippen LogP contribution in [0, 0.1) is 23.7 Å². The van der Waals surface area contributed by atoms with Gasteiger partial charge in [-0.2, -0.15) is 8.42 Å². The second-order valence-electron chi connectivity index (χ2n) is 20.7. The molecule has 406 valence electrons. The Hall–Kier alpha value is -6.05. The van der Waals surface area contributed by atoms with Gasteiger partial charge in [-0.3, -0.25) is 18.7 Å². The summed E-state index contributed by atoms with van der Waals surface area (Å²) in [6.07, 6.45) is -5.24. The second-order valence-corrected chi connectivity index (χ2v) is 22.2. The van der Waals surface area contributed by atoms with Gasteiger partial charge in [0.2, 0.25) is 0 Å². The molecule has 0 saturated carbocycles. The van der Waals surface area contributed by atoms with E-state index in [9.17, 15) is 42.0 Å². The Bertz CT molecular complexity index is 2330. The Balaban J connectivity index is 2.36. The van der Waals surface area contributed by atoms with E-state index in [4.69, 9.17) is 23.2 Å². The smallest absolute Gasteiger partial charge is 0.329 e. The van der Waals surface area contributed by atoms with Crippen LogP contribution in [0.3, 0.4) is 0 Å². The standard InChI is InChI=1S/C53H79N5O14S/c1-32(2)26-40-52(64)70-44(30-38-22-18-16-19-23-38)48(60)58(14)42(28-34(5)6)51(63)69-37(10)47(59)56(12)43(29-35(7)8)53(65)71-45(31-39-24-20-17-21-25-39)49(61)57(13)41(27-33(3)4)50(62)68-36(9)46(55(40)11)54-72-73(15,66)67/h16-25,32-37,40-45H,26-31H2,1-15H3/b54-46+/t36-,37-,40+,41+,42?,43+,44-,45-/m1/s1. The van der Waals surface area contributed by atoms with Gasteiger partial charge in [0, 0.05) is 41.0 Å². The molecule has 73 heavy (non-hydrogen) atoms. The number of carbonyl (C=O) groups excluding carboxylic acids is 7. The van der Waals surface area contributed by atoms with Crippen LogP contribution in [-0.2, 0) is 79.8 Å². The van der Waals surface area contributed by atoms with Gasteiger partial charge in [-0.1, -0.05) is 116 Å². The summed E-state index contributed by atoms with van der Waals surface area (Å²) in [5.41, 5.74) is 1.23. The van der Waals surface area contributed by atoms with Gasteiger partial charge in [-0.15, -0.1) is 0 Å². The van der Waals surface area contributed by atoms with Crippen LogP contribution in [0.5, 0.6) is 0 Å². The van der Waals surface area contributed by atoms with Crippen LogP contribution >= 0.6 is 0 Å². The first-order valence-corrected chi connectivity index (χ1v) is 26.7. The molecule has 1 heterocycles. The molecule has 0 bridgehead atoms. The highest BCUT2D eigenvalue weighted by atomic mass is 32.2. The Kier molecular flexibility index (Phi) is 23.4. The summed E-state index contributed by atoms with van der Waals surface area (Å²) in [5.74, 6) is -7.19. The molecule has 1 aliphatic rings. The quantitative estimate of drug-likeness (QED) is 0.131. The van der Waals surface area contributed by atoms with E-state index in [2.05, 4.69) is 5.16 Å². The van der Waals surface area contributed by atoms with Gasteiger partial charge < -0.3 is 38.5 Å². The van der Waals surface area contributed by atoms with Gasteiger partial charge in [0.05, 0.1) is 6.26 Å². The molecule has 8 atom stereocenters. The van der Waals surface area contributed by atoms with E-state index >= 15 is 0 Å². The van der Waals surface area contributed by atoms with Gasteiger partial charge in [0.25, 0.3) is 17.7 Å². The van der Waals surface area contributed by atoms with Crippen molar-refractivity contribution < 1.29 is 65.2 Å². The molecular formula is C53H79N5O14S. The van der Waals surface area contributed by atoms with Crippen molar-refractivity contribution >= 4 is 57.6 Å². The van der Waals surface area contributed by atoms with Crippen LogP contribution in [0.1, 0.15) is 106 Å². The lowest BCUT2D eigenvalue weighted by Gasteiger charge is -2.36. The molecule has 19 nitrogen and oxygen atoms in total. The number of amides is 3. The minimum absolute atomic E-state index is 0.0470. The lowest BCUT2D eigenvalue weighted by atomic mass is 10.00. The number of amidine groups is 1. The largest absolute Gasteiger partial charge is 0.453 e. The summed E-state index contributed by atoms with van der Waals surface area (Å²) >= 11 is 0. The number of rotatable bonds is 14. The van der Waals surface area contributed by atoms with Crippen LogP contribution in [0.15, 0.2) is 65.8 Å². The lowest BCUT2D eigenvalue weighted by Crippen LogP contribution is -2.55. The molecular weight excluding hydrogens is 963 g/mol. The van der Waals surface area contributed by atoms with Crippen molar-refractivity contribution in [1.82, 2.24) is 19.6 Å². The zero-order valence-corrected chi connectivity index (χ0v) is 46.1. The maximum absolute atomic E-state index is 14.8. The van der Waals surface area contributed by atoms with E-state index < -0.39 is 100 Å². The molecule has 1 fully saturated rings. The van der Waals surface area contributed by atoms with Crippen molar-refractivity contribution in [3.05, 3.63) is 71.8 Å². The minimum atomic E-state index is -4.28. The number of oxime groups is 1. The Morgan fingerprint density at radius 3 is 1.11 bits per heavy atom. The Morgan fingerprint density at radius 1 is 0.479 bits per heavy atom. The van der Waals surface area contributed by atoms with Crippen molar-refractivity contribution in [1.29, 1.82) is 0 Å². The van der Waals surface area contributed by atoms with E-state index in [-0.39, 0.29) is 68.0 Å². The van der Waals surface area contributed by atoms with Crippen LogP contribution < -0.4 is 0 Å². The molecule has 0 radical (unpaired) electrons. The zero-order chi connectivity index (χ0) is 55.1. The van der Waals surface area contributed by atoms with Crippen molar-refractivity contribution in [3.63, 3.8) is 0 Å². The molecule has 3 rings (SSSR count). The molecule has 1 unspecified atom stereocenters. The number of hydrogen-bond acceptors (Lipinski definition) is 15. The minimum Gasteiger partial charge on any atom is -0.453 e. The maximum atomic E-state index is 14.8. The molecule has 2 aromatic rings. The van der Waals surface area contributed by atoms with Gasteiger partial charge in [-0.25, -0.2) is 19.2 Å².